The second-order valence-corrected chi connectivity index (χ2v) is 8.72. The Morgan fingerprint density at radius 3 is 2.34 bits per heavy atom. The molecule has 1 saturated heterocycles. The molecular weight excluding hydrogens is 438 g/mol. The summed E-state index contributed by atoms with van der Waals surface area (Å²) in [5.41, 5.74) is 4.52. The van der Waals surface area contributed by atoms with Crippen molar-refractivity contribution >= 4 is 28.6 Å². The number of carbonyl (C=O) groups is 1. The molecule has 0 radical (unpaired) electrons. The molecule has 0 unspecified atom stereocenters. The molecule has 0 spiro atoms. The number of nitrogens with one attached hydrogen (secondary N) is 1. The van der Waals surface area contributed by atoms with Gasteiger partial charge < -0.3 is 15.1 Å². The van der Waals surface area contributed by atoms with Gasteiger partial charge in [-0.2, -0.15) is 0 Å². The highest BCUT2D eigenvalue weighted by Gasteiger charge is 2.25. The van der Waals surface area contributed by atoms with E-state index in [0.717, 1.165) is 34.3 Å². The van der Waals surface area contributed by atoms with Crippen LogP contribution in [0.4, 0.5) is 16.3 Å². The summed E-state index contributed by atoms with van der Waals surface area (Å²) in [7, 11) is 0. The van der Waals surface area contributed by atoms with Crippen molar-refractivity contribution in [3.05, 3.63) is 100 Å². The number of para-hydroxylation sites is 3. The predicted octanol–water partition coefficient (Wildman–Crippen LogP) is 4.36. The van der Waals surface area contributed by atoms with Gasteiger partial charge in [-0.15, -0.1) is 0 Å². The van der Waals surface area contributed by atoms with E-state index in [-0.39, 0.29) is 11.6 Å². The van der Waals surface area contributed by atoms with Crippen LogP contribution in [0.1, 0.15) is 18.1 Å². The van der Waals surface area contributed by atoms with Crippen LogP contribution in [0.5, 0.6) is 0 Å². The summed E-state index contributed by atoms with van der Waals surface area (Å²) in [5, 5.41) is 3.04. The van der Waals surface area contributed by atoms with Crippen molar-refractivity contribution < 1.29 is 4.79 Å². The fourth-order valence-corrected chi connectivity index (χ4v) is 4.57. The van der Waals surface area contributed by atoms with E-state index in [1.54, 1.807) is 9.47 Å². The summed E-state index contributed by atoms with van der Waals surface area (Å²) >= 11 is 0. The fraction of sp³-hybridized carbons (Fsp3) is 0.250. The first-order valence-electron chi connectivity index (χ1n) is 12.1. The van der Waals surface area contributed by atoms with Gasteiger partial charge in [0.2, 0.25) is 0 Å². The van der Waals surface area contributed by atoms with Crippen LogP contribution in [0, 0.1) is 0 Å². The van der Waals surface area contributed by atoms with Gasteiger partial charge in [-0.05, 0) is 35.7 Å². The summed E-state index contributed by atoms with van der Waals surface area (Å²) in [6.07, 6.45) is 0.854. The van der Waals surface area contributed by atoms with E-state index < -0.39 is 0 Å². The predicted molar refractivity (Wildman–Crippen MR) is 140 cm³/mol. The van der Waals surface area contributed by atoms with Crippen LogP contribution in [0.15, 0.2) is 83.7 Å². The van der Waals surface area contributed by atoms with E-state index in [9.17, 15) is 9.59 Å². The van der Waals surface area contributed by atoms with Gasteiger partial charge in [-0.1, -0.05) is 67.6 Å². The molecule has 0 bridgehead atoms. The third-order valence-electron chi connectivity index (χ3n) is 6.53. The van der Waals surface area contributed by atoms with Gasteiger partial charge in [0.15, 0.2) is 5.82 Å². The Bertz CT molecular complexity index is 1390. The number of aryl methyl sites for hydroxylation is 1. The minimum absolute atomic E-state index is 0.109. The second-order valence-electron chi connectivity index (χ2n) is 8.72. The van der Waals surface area contributed by atoms with Crippen LogP contribution >= 0.6 is 0 Å². The van der Waals surface area contributed by atoms with Crippen LogP contribution in [0.2, 0.25) is 0 Å². The molecule has 35 heavy (non-hydrogen) atoms. The number of benzene rings is 3. The fourth-order valence-electron chi connectivity index (χ4n) is 4.57. The average molecular weight is 468 g/mol. The third kappa shape index (κ3) is 4.75. The molecule has 1 fully saturated rings. The normalized spacial score (nSPS) is 13.7. The van der Waals surface area contributed by atoms with Gasteiger partial charge in [-0.3, -0.25) is 9.36 Å². The lowest BCUT2D eigenvalue weighted by Gasteiger charge is -2.35. The molecule has 7 heteroatoms. The first-order valence-corrected chi connectivity index (χ1v) is 12.1. The number of rotatable bonds is 5. The molecule has 0 aliphatic carbocycles. The average Bonchev–Trinajstić information content (AvgIpc) is 2.91. The Morgan fingerprint density at radius 2 is 1.57 bits per heavy atom. The molecule has 3 aromatic carbocycles. The zero-order valence-electron chi connectivity index (χ0n) is 19.9. The standard InChI is InChI=1S/C28H29N5O2/c1-2-22-12-6-7-13-23(22)30-28(35)32-18-16-31(17-19-32)26-27(34)33(20-21-10-4-3-5-11-21)25-15-9-8-14-24(25)29-26/h3-15H,2,16-20H2,1H3,(H,30,35). The molecule has 1 N–H and O–H groups in total. The van der Waals surface area contributed by atoms with Crippen molar-refractivity contribution in [2.75, 3.05) is 36.4 Å². The number of fused-ring (bicyclic) bond motifs is 1. The highest BCUT2D eigenvalue weighted by Crippen LogP contribution is 2.19. The lowest BCUT2D eigenvalue weighted by Crippen LogP contribution is -2.51. The van der Waals surface area contributed by atoms with Gasteiger partial charge in [0.25, 0.3) is 5.56 Å². The molecule has 2 amide bonds. The molecule has 1 aromatic heterocycles. The molecule has 178 valence electrons. The summed E-state index contributed by atoms with van der Waals surface area (Å²) in [5.74, 6) is 0.441. The van der Waals surface area contributed by atoms with E-state index in [2.05, 4.69) is 12.2 Å². The number of aromatic nitrogens is 2. The SMILES string of the molecule is CCc1ccccc1NC(=O)N1CCN(c2nc3ccccc3n(Cc3ccccc3)c2=O)CC1. The maximum absolute atomic E-state index is 13.6. The molecule has 1 aliphatic heterocycles. The monoisotopic (exact) mass is 467 g/mol. The minimum atomic E-state index is -0.112. The lowest BCUT2D eigenvalue weighted by atomic mass is 10.1. The summed E-state index contributed by atoms with van der Waals surface area (Å²) in [4.78, 5) is 35.0. The number of piperazine rings is 1. The molecule has 2 heterocycles. The Balaban J connectivity index is 1.36. The minimum Gasteiger partial charge on any atom is -0.348 e. The number of carbonyl (C=O) groups excluding carboxylic acids is 1. The van der Waals surface area contributed by atoms with Crippen LogP contribution in [0.3, 0.4) is 0 Å². The zero-order chi connectivity index (χ0) is 24.2. The van der Waals surface area contributed by atoms with E-state index in [4.69, 9.17) is 4.98 Å². The Morgan fingerprint density at radius 1 is 0.886 bits per heavy atom. The van der Waals surface area contributed by atoms with Crippen molar-refractivity contribution in [2.24, 2.45) is 0 Å². The molecule has 5 rings (SSSR count). The summed E-state index contributed by atoms with van der Waals surface area (Å²) < 4.78 is 1.80. The smallest absolute Gasteiger partial charge is 0.321 e. The number of urea groups is 1. The largest absolute Gasteiger partial charge is 0.348 e. The Kier molecular flexibility index (Phi) is 6.48. The maximum atomic E-state index is 13.6. The van der Waals surface area contributed by atoms with Gasteiger partial charge in [0.05, 0.1) is 17.6 Å². The van der Waals surface area contributed by atoms with Crippen molar-refractivity contribution in [1.29, 1.82) is 0 Å². The number of nitrogens with zero attached hydrogens (tertiary/aromatic N) is 4. The number of hydrogen-bond acceptors (Lipinski definition) is 4. The van der Waals surface area contributed by atoms with Gasteiger partial charge in [0, 0.05) is 31.9 Å². The first kappa shape index (κ1) is 22.7. The van der Waals surface area contributed by atoms with Crippen LogP contribution in [-0.2, 0) is 13.0 Å². The van der Waals surface area contributed by atoms with E-state index in [0.29, 0.717) is 38.5 Å². The molecule has 7 nitrogen and oxygen atoms in total. The molecule has 1 aliphatic rings. The molecule has 0 saturated carbocycles. The van der Waals surface area contributed by atoms with Crippen molar-refractivity contribution in [2.45, 2.75) is 19.9 Å². The van der Waals surface area contributed by atoms with Crippen molar-refractivity contribution in [3.63, 3.8) is 0 Å². The second kappa shape index (κ2) is 10.0. The molecule has 4 aromatic rings. The highest BCUT2D eigenvalue weighted by molar-refractivity contribution is 5.90. The molecule has 0 atom stereocenters. The van der Waals surface area contributed by atoms with Crippen LogP contribution in [-0.4, -0.2) is 46.7 Å². The Labute approximate surface area is 204 Å². The molecular formula is C28H29N5O2. The van der Waals surface area contributed by atoms with Gasteiger partial charge in [0.1, 0.15) is 0 Å². The van der Waals surface area contributed by atoms with E-state index in [1.807, 2.05) is 83.8 Å². The van der Waals surface area contributed by atoms with Gasteiger partial charge >= 0.3 is 6.03 Å². The van der Waals surface area contributed by atoms with Crippen molar-refractivity contribution in [3.8, 4) is 0 Å². The Hall–Kier alpha value is -4.13. The number of anilines is 2. The third-order valence-corrected chi connectivity index (χ3v) is 6.53. The first-order chi connectivity index (χ1) is 17.1. The highest BCUT2D eigenvalue weighted by atomic mass is 16.2. The lowest BCUT2D eigenvalue weighted by molar-refractivity contribution is 0.208. The van der Waals surface area contributed by atoms with Crippen LogP contribution < -0.4 is 15.8 Å². The van der Waals surface area contributed by atoms with E-state index >= 15 is 0 Å². The summed E-state index contributed by atoms with van der Waals surface area (Å²) in [6.45, 7) is 4.70. The quantitative estimate of drug-likeness (QED) is 0.473. The van der Waals surface area contributed by atoms with Gasteiger partial charge in [-0.25, -0.2) is 9.78 Å². The number of hydrogen-bond donors (Lipinski definition) is 1. The zero-order valence-corrected chi connectivity index (χ0v) is 19.9. The van der Waals surface area contributed by atoms with Crippen LogP contribution in [0.25, 0.3) is 11.0 Å². The van der Waals surface area contributed by atoms with Crippen molar-refractivity contribution in [1.82, 2.24) is 14.5 Å². The van der Waals surface area contributed by atoms with E-state index in [1.165, 1.54) is 0 Å². The number of amides is 2. The topological polar surface area (TPSA) is 70.5 Å². The summed E-state index contributed by atoms with van der Waals surface area (Å²) in [6, 6.07) is 25.5. The maximum Gasteiger partial charge on any atom is 0.321 e.